The second-order valence-electron chi connectivity index (χ2n) is 5.39. The molecule has 0 bridgehead atoms. The van der Waals surface area contributed by atoms with Crippen molar-refractivity contribution >= 4 is 22.8 Å². The number of primary amides is 1. The summed E-state index contributed by atoms with van der Waals surface area (Å²) in [7, 11) is 0. The van der Waals surface area contributed by atoms with Crippen LogP contribution >= 0.6 is 0 Å². The SMILES string of the molecule is CCc1[nH]c2c(CNC(=O)CCNC(N)=O)cc(F)cc2c1C. The lowest BCUT2D eigenvalue weighted by molar-refractivity contribution is -0.121. The molecule has 6 nitrogen and oxygen atoms in total. The highest BCUT2D eigenvalue weighted by Crippen LogP contribution is 2.26. The zero-order valence-corrected chi connectivity index (χ0v) is 13.3. The number of aromatic amines is 1. The topological polar surface area (TPSA) is 100 Å². The molecular weight excluding hydrogens is 299 g/mol. The third-order valence-electron chi connectivity index (χ3n) is 3.80. The number of aryl methyl sites for hydroxylation is 2. The third-order valence-corrected chi connectivity index (χ3v) is 3.80. The van der Waals surface area contributed by atoms with Gasteiger partial charge < -0.3 is 21.4 Å². The molecule has 1 aromatic heterocycles. The number of fused-ring (bicyclic) bond motifs is 1. The molecule has 0 saturated carbocycles. The van der Waals surface area contributed by atoms with Crippen molar-refractivity contribution < 1.29 is 14.0 Å². The summed E-state index contributed by atoms with van der Waals surface area (Å²) >= 11 is 0. The molecule has 23 heavy (non-hydrogen) atoms. The summed E-state index contributed by atoms with van der Waals surface area (Å²) in [5.74, 6) is -0.572. The van der Waals surface area contributed by atoms with Crippen LogP contribution < -0.4 is 16.4 Å². The first kappa shape index (κ1) is 16.8. The van der Waals surface area contributed by atoms with Crippen LogP contribution in [-0.4, -0.2) is 23.5 Å². The summed E-state index contributed by atoms with van der Waals surface area (Å²) in [6, 6.07) is 2.25. The summed E-state index contributed by atoms with van der Waals surface area (Å²) in [6.45, 7) is 4.37. The van der Waals surface area contributed by atoms with Gasteiger partial charge in [0.15, 0.2) is 0 Å². The highest BCUT2D eigenvalue weighted by Gasteiger charge is 2.12. The van der Waals surface area contributed by atoms with Gasteiger partial charge in [-0.2, -0.15) is 0 Å². The average Bonchev–Trinajstić information content (AvgIpc) is 2.81. The van der Waals surface area contributed by atoms with E-state index in [0.29, 0.717) is 5.56 Å². The van der Waals surface area contributed by atoms with Crippen molar-refractivity contribution in [2.75, 3.05) is 6.54 Å². The Morgan fingerprint density at radius 1 is 1.30 bits per heavy atom. The quantitative estimate of drug-likeness (QED) is 0.653. The van der Waals surface area contributed by atoms with Crippen LogP contribution in [0.4, 0.5) is 9.18 Å². The number of hydrogen-bond donors (Lipinski definition) is 4. The number of nitrogens with two attached hydrogens (primary N) is 1. The molecule has 124 valence electrons. The monoisotopic (exact) mass is 320 g/mol. The molecule has 0 aliphatic rings. The fourth-order valence-electron chi connectivity index (χ4n) is 2.59. The molecule has 1 heterocycles. The van der Waals surface area contributed by atoms with Gasteiger partial charge in [0.25, 0.3) is 0 Å². The largest absolute Gasteiger partial charge is 0.358 e. The number of halogens is 1. The summed E-state index contributed by atoms with van der Waals surface area (Å²) in [4.78, 5) is 25.6. The molecule has 7 heteroatoms. The van der Waals surface area contributed by atoms with Crippen LogP contribution in [0.15, 0.2) is 12.1 Å². The molecule has 2 aromatic rings. The van der Waals surface area contributed by atoms with Gasteiger partial charge in [-0.25, -0.2) is 9.18 Å². The Labute approximate surface area is 133 Å². The molecule has 1 aromatic carbocycles. The number of nitrogens with one attached hydrogen (secondary N) is 3. The van der Waals surface area contributed by atoms with Crippen LogP contribution in [0.3, 0.4) is 0 Å². The van der Waals surface area contributed by atoms with Crippen LogP contribution in [-0.2, 0) is 17.8 Å². The van der Waals surface area contributed by atoms with E-state index < -0.39 is 6.03 Å². The number of H-pyrrole nitrogens is 1. The molecule has 2 rings (SSSR count). The Balaban J connectivity index is 2.10. The molecule has 0 aliphatic carbocycles. The number of carbonyl (C=O) groups is 2. The Hall–Kier alpha value is -2.57. The number of urea groups is 1. The first-order chi connectivity index (χ1) is 10.9. The van der Waals surface area contributed by atoms with E-state index in [0.717, 1.165) is 28.6 Å². The predicted molar refractivity (Wildman–Crippen MR) is 86.4 cm³/mol. The van der Waals surface area contributed by atoms with Gasteiger partial charge in [0.1, 0.15) is 5.82 Å². The van der Waals surface area contributed by atoms with E-state index in [2.05, 4.69) is 15.6 Å². The van der Waals surface area contributed by atoms with Gasteiger partial charge in [-0.3, -0.25) is 4.79 Å². The molecule has 5 N–H and O–H groups in total. The zero-order chi connectivity index (χ0) is 17.0. The molecule has 0 fully saturated rings. The van der Waals surface area contributed by atoms with E-state index in [1.54, 1.807) is 0 Å². The Morgan fingerprint density at radius 2 is 2.04 bits per heavy atom. The van der Waals surface area contributed by atoms with Crippen LogP contribution in [0.25, 0.3) is 10.9 Å². The van der Waals surface area contributed by atoms with Crippen molar-refractivity contribution in [1.82, 2.24) is 15.6 Å². The van der Waals surface area contributed by atoms with Crippen LogP contribution in [0, 0.1) is 12.7 Å². The van der Waals surface area contributed by atoms with Crippen molar-refractivity contribution in [3.05, 3.63) is 34.8 Å². The fourth-order valence-corrected chi connectivity index (χ4v) is 2.59. The third kappa shape index (κ3) is 4.00. The molecule has 3 amide bonds. The standard InChI is InChI=1S/C16H21FN4O2/c1-3-13-9(2)12-7-11(17)6-10(15(12)21-13)8-20-14(22)4-5-19-16(18)23/h6-7,21H,3-5,8H2,1-2H3,(H,20,22)(H3,18,19,23). The molecular formula is C16H21FN4O2. The summed E-state index contributed by atoms with van der Waals surface area (Å²) in [5, 5.41) is 5.90. The van der Waals surface area contributed by atoms with Crippen LogP contribution in [0.5, 0.6) is 0 Å². The Bertz CT molecular complexity index is 739. The lowest BCUT2D eigenvalue weighted by atomic mass is 10.1. The number of amides is 3. The normalized spacial score (nSPS) is 10.7. The van der Waals surface area contributed by atoms with Gasteiger partial charge in [0.2, 0.25) is 5.91 Å². The Morgan fingerprint density at radius 3 is 2.70 bits per heavy atom. The van der Waals surface area contributed by atoms with E-state index in [4.69, 9.17) is 5.73 Å². The minimum atomic E-state index is -0.668. The van der Waals surface area contributed by atoms with Crippen LogP contribution in [0.2, 0.25) is 0 Å². The first-order valence-electron chi connectivity index (χ1n) is 7.52. The van der Waals surface area contributed by atoms with E-state index >= 15 is 0 Å². The number of carbonyl (C=O) groups excluding carboxylic acids is 2. The van der Waals surface area contributed by atoms with Gasteiger partial charge in [0.05, 0.1) is 5.52 Å². The smallest absolute Gasteiger partial charge is 0.312 e. The van der Waals surface area contributed by atoms with Crippen molar-refractivity contribution in [3.63, 3.8) is 0 Å². The van der Waals surface area contributed by atoms with Crippen molar-refractivity contribution in [3.8, 4) is 0 Å². The zero-order valence-electron chi connectivity index (χ0n) is 13.3. The van der Waals surface area contributed by atoms with Gasteiger partial charge in [-0.15, -0.1) is 0 Å². The van der Waals surface area contributed by atoms with E-state index in [-0.39, 0.29) is 31.2 Å². The van der Waals surface area contributed by atoms with Gasteiger partial charge in [0, 0.05) is 30.6 Å². The number of aromatic nitrogens is 1. The number of benzene rings is 1. The van der Waals surface area contributed by atoms with Crippen molar-refractivity contribution in [1.29, 1.82) is 0 Å². The van der Waals surface area contributed by atoms with Gasteiger partial charge in [-0.1, -0.05) is 6.92 Å². The molecule has 0 atom stereocenters. The van der Waals surface area contributed by atoms with Crippen molar-refractivity contribution in [2.45, 2.75) is 33.2 Å². The highest BCUT2D eigenvalue weighted by molar-refractivity contribution is 5.87. The maximum absolute atomic E-state index is 13.8. The number of rotatable bonds is 6. The molecule has 0 aliphatic heterocycles. The van der Waals surface area contributed by atoms with Crippen molar-refractivity contribution in [2.24, 2.45) is 5.73 Å². The van der Waals surface area contributed by atoms with E-state index in [1.807, 2.05) is 13.8 Å². The van der Waals surface area contributed by atoms with Crippen LogP contribution in [0.1, 0.15) is 30.2 Å². The molecule has 0 radical (unpaired) electrons. The summed E-state index contributed by atoms with van der Waals surface area (Å²) in [5.41, 5.74) is 8.55. The highest BCUT2D eigenvalue weighted by atomic mass is 19.1. The summed E-state index contributed by atoms with van der Waals surface area (Å²) < 4.78 is 13.8. The van der Waals surface area contributed by atoms with Gasteiger partial charge in [-0.05, 0) is 36.6 Å². The minimum absolute atomic E-state index is 0.116. The maximum atomic E-state index is 13.8. The fraction of sp³-hybridized carbons (Fsp3) is 0.375. The molecule has 0 saturated heterocycles. The lowest BCUT2D eigenvalue weighted by Crippen LogP contribution is -2.33. The Kier molecular flexibility index (Phi) is 5.20. The van der Waals surface area contributed by atoms with E-state index in [9.17, 15) is 14.0 Å². The predicted octanol–water partition coefficient (Wildman–Crippen LogP) is 1.85. The second kappa shape index (κ2) is 7.13. The average molecular weight is 320 g/mol. The maximum Gasteiger partial charge on any atom is 0.312 e. The molecule has 0 spiro atoms. The van der Waals surface area contributed by atoms with E-state index in [1.165, 1.54) is 12.1 Å². The first-order valence-corrected chi connectivity index (χ1v) is 7.52. The number of hydrogen-bond acceptors (Lipinski definition) is 2. The van der Waals surface area contributed by atoms with Gasteiger partial charge >= 0.3 is 6.03 Å². The minimum Gasteiger partial charge on any atom is -0.358 e. The lowest BCUT2D eigenvalue weighted by Gasteiger charge is -2.07. The summed E-state index contributed by atoms with van der Waals surface area (Å²) in [6.07, 6.45) is 0.943. The second-order valence-corrected chi connectivity index (χ2v) is 5.39. The molecule has 0 unspecified atom stereocenters.